The van der Waals surface area contributed by atoms with E-state index in [1.54, 1.807) is 0 Å². The Bertz CT molecular complexity index is 4310. The Morgan fingerprint density at radius 1 is 0.282 bits per heavy atom. The highest BCUT2D eigenvalue weighted by Gasteiger charge is 2.31. The molecule has 3 unspecified atom stereocenters. The minimum Gasteiger partial charge on any atom is -0.490 e. The molecule has 8 aliphatic rings. The zero-order valence-electron chi connectivity index (χ0n) is 86.1. The van der Waals surface area contributed by atoms with E-state index in [1.807, 2.05) is 12.1 Å². The number of hydrogen-bond donors (Lipinski definition) is 6. The number of nitrogens with two attached hydrogens (primary N) is 6. The van der Waals surface area contributed by atoms with Gasteiger partial charge < -0.3 is 73.4 Å². The van der Waals surface area contributed by atoms with E-state index in [4.69, 9.17) is 50.7 Å². The van der Waals surface area contributed by atoms with Crippen LogP contribution in [0.15, 0.2) is 152 Å². The number of aryl methyl sites for hydroxylation is 6. The van der Waals surface area contributed by atoms with E-state index in [2.05, 4.69) is 333 Å². The first-order valence-electron chi connectivity index (χ1n) is 51.2. The minimum absolute atomic E-state index is 0.348. The van der Waals surface area contributed by atoms with E-state index >= 15 is 0 Å². The van der Waals surface area contributed by atoms with E-state index in [-0.39, 0.29) is 0 Å². The van der Waals surface area contributed by atoms with Gasteiger partial charge in [-0.2, -0.15) is 0 Å². The zero-order valence-corrected chi connectivity index (χ0v) is 86.8. The Hall–Kier alpha value is -7.79. The lowest BCUT2D eigenvalue weighted by molar-refractivity contribution is 0.303. The molecule has 0 aromatic heterocycles. The van der Waals surface area contributed by atoms with Crippen LogP contribution in [0.5, 0.6) is 5.75 Å². The Kier molecular flexibility index (Phi) is 42.7. The van der Waals surface area contributed by atoms with Crippen LogP contribution in [0.2, 0.25) is 5.02 Å². The molecule has 8 aromatic rings. The first-order valence-corrected chi connectivity index (χ1v) is 51.6. The number of rotatable bonds is 22. The van der Waals surface area contributed by atoms with Crippen molar-refractivity contribution < 1.29 is 4.74 Å². The Morgan fingerprint density at radius 3 is 0.794 bits per heavy atom. The van der Waals surface area contributed by atoms with Crippen molar-refractivity contribution in [2.24, 2.45) is 64.0 Å². The average molecular weight is 1810 g/mol. The summed E-state index contributed by atoms with van der Waals surface area (Å²) in [5.74, 6) is 9.13. The van der Waals surface area contributed by atoms with E-state index in [1.165, 1.54) is 182 Å². The molecule has 0 amide bonds. The van der Waals surface area contributed by atoms with Gasteiger partial charge in [0.05, 0.1) is 6.10 Å². The van der Waals surface area contributed by atoms with Gasteiger partial charge >= 0.3 is 0 Å². The molecule has 14 nitrogen and oxygen atoms in total. The number of nitrogens with zero attached hydrogens (tertiary/aromatic N) is 7. The minimum atomic E-state index is 0.348. The van der Waals surface area contributed by atoms with Gasteiger partial charge in [-0.15, -0.1) is 0 Å². The maximum Gasteiger partial charge on any atom is 0.121 e. The van der Waals surface area contributed by atoms with Gasteiger partial charge in [-0.3, -0.25) is 0 Å². The van der Waals surface area contributed by atoms with Crippen LogP contribution in [0.1, 0.15) is 314 Å². The second-order valence-corrected chi connectivity index (χ2v) is 42.8. The van der Waals surface area contributed by atoms with Crippen LogP contribution in [0.25, 0.3) is 0 Å². The van der Waals surface area contributed by atoms with Gasteiger partial charge in [0, 0.05) is 149 Å². The highest BCUT2D eigenvalue weighted by atomic mass is 35.5. The van der Waals surface area contributed by atoms with E-state index < -0.39 is 0 Å². The fraction of sp³-hybridized carbons (Fsp3) is 0.586. The highest BCUT2D eigenvalue weighted by Crippen LogP contribution is 2.40. The molecule has 7 saturated heterocycles. The predicted octanol–water partition coefficient (Wildman–Crippen LogP) is 25.4. The van der Waals surface area contributed by atoms with Crippen molar-refractivity contribution in [3.05, 3.63) is 235 Å². The number of halogens is 1. The first kappa shape index (κ1) is 107. The van der Waals surface area contributed by atoms with Crippen LogP contribution >= 0.6 is 11.6 Å². The van der Waals surface area contributed by atoms with Gasteiger partial charge in [0.2, 0.25) is 0 Å². The Labute approximate surface area is 802 Å². The lowest BCUT2D eigenvalue weighted by Gasteiger charge is -2.34. The van der Waals surface area contributed by atoms with Gasteiger partial charge in [-0.05, 0) is 347 Å². The average Bonchev–Trinajstić information content (AvgIpc) is 1.59. The van der Waals surface area contributed by atoms with Crippen molar-refractivity contribution in [3.63, 3.8) is 0 Å². The van der Waals surface area contributed by atoms with Crippen molar-refractivity contribution >= 4 is 51.4 Å². The number of benzene rings is 8. The zero-order chi connectivity index (χ0) is 95.4. The summed E-state index contributed by atoms with van der Waals surface area (Å²) < 4.78 is 5.66. The fourth-order valence-electron chi connectivity index (χ4n) is 19.5. The van der Waals surface area contributed by atoms with Crippen molar-refractivity contribution in [2.45, 2.75) is 295 Å². The topological polar surface area (TPSA) is 188 Å². The molecule has 1 aliphatic carbocycles. The number of ether oxygens (including phenoxy) is 1. The van der Waals surface area contributed by atoms with E-state index in [0.29, 0.717) is 89.2 Å². The lowest BCUT2D eigenvalue weighted by Crippen LogP contribution is -2.40. The molecule has 6 atom stereocenters. The third-order valence-corrected chi connectivity index (χ3v) is 28.7. The molecule has 16 rings (SSSR count). The predicted molar refractivity (Wildman–Crippen MR) is 574 cm³/mol. The molecule has 12 N–H and O–H groups in total. The molecule has 15 heteroatoms. The quantitative estimate of drug-likeness (QED) is 0.0376. The molecular weight excluding hydrogens is 1630 g/mol. The molecule has 8 aromatic carbocycles. The smallest absolute Gasteiger partial charge is 0.121 e. The summed E-state index contributed by atoms with van der Waals surface area (Å²) in [6, 6.07) is 56.8. The van der Waals surface area contributed by atoms with Gasteiger partial charge in [0.15, 0.2) is 0 Å². The molecule has 1 saturated carbocycles. The molecule has 7 aliphatic heterocycles. The van der Waals surface area contributed by atoms with Crippen LogP contribution in [0.3, 0.4) is 0 Å². The molecule has 0 radical (unpaired) electrons. The van der Waals surface area contributed by atoms with Crippen LogP contribution in [-0.4, -0.2) is 136 Å². The Balaban J connectivity index is 0.000000169. The van der Waals surface area contributed by atoms with E-state index in [9.17, 15) is 0 Å². The first-order chi connectivity index (χ1) is 62.5. The van der Waals surface area contributed by atoms with Gasteiger partial charge in [0.25, 0.3) is 0 Å². The second-order valence-electron chi connectivity index (χ2n) is 42.4. The molecule has 722 valence electrons. The summed E-state index contributed by atoms with van der Waals surface area (Å²) in [5, 5.41) is 0.818. The molecule has 0 bridgehead atoms. The van der Waals surface area contributed by atoms with Gasteiger partial charge in [0.1, 0.15) is 5.75 Å². The molecular formula is C116H180ClN13O. The molecule has 7 heterocycles. The second kappa shape index (κ2) is 52.3. The normalized spacial score (nSPS) is 19.6. The highest BCUT2D eigenvalue weighted by molar-refractivity contribution is 6.31. The largest absolute Gasteiger partial charge is 0.490 e. The maximum absolute atomic E-state index is 6.15. The third-order valence-electron chi connectivity index (χ3n) is 28.3. The maximum atomic E-state index is 6.15. The lowest BCUT2D eigenvalue weighted by atomic mass is 9.96. The summed E-state index contributed by atoms with van der Waals surface area (Å²) in [5.41, 5.74) is 64.5. The molecule has 131 heavy (non-hydrogen) atoms. The standard InChI is InChI=1S/5C15H24N2.C15H23N.C14H22N2.C12H15ClO/c1-11(2)14-5-4-12(3)10-15(14)17-8-6-13(16)7-9-17;4*1-11(2)14-5-4-12(3)8-15(14)17-7-6-13(9-16)10-17;1-4-13-9-10-16(11-13)15-7-5-14(6-8-15)12(2)3;1-10(2)13-5-4-11(3)8-14(13)16-7-6-12(15)9-16;1-8(2)11-6-5-10(7-12(11)13)14-9-3-4-9/h4-5,10-11,13H,6-9,16H2,1-3H3;4*4-5,8,11,13H,6-7,9-10,16H2,1-3H3;5-8,12-13H,4,9-11H2,1-3H3;4-5,8,10,12H,6-7,9,15H2,1-3H3;5-9H,3-4H2,1-2H3/t;2*13-;;;;12-;/m.10...0./s1. The van der Waals surface area contributed by atoms with Gasteiger partial charge in [-0.25, -0.2) is 0 Å². The van der Waals surface area contributed by atoms with Crippen molar-refractivity contribution in [1.82, 2.24) is 0 Å². The summed E-state index contributed by atoms with van der Waals surface area (Å²) in [4.78, 5) is 17.5. The van der Waals surface area contributed by atoms with Crippen molar-refractivity contribution in [1.29, 1.82) is 0 Å². The number of anilines is 7. The third kappa shape index (κ3) is 32.2. The summed E-state index contributed by atoms with van der Waals surface area (Å²) in [6.45, 7) is 70.5. The van der Waals surface area contributed by atoms with Crippen LogP contribution in [0, 0.1) is 71.1 Å². The molecule has 8 fully saturated rings. The SMILES string of the molecule is CC(C)c1ccc(OC2CC2)cc1Cl.CCC1CCN(c2ccc(C(C)C)cc2)C1.Cc1ccc(C(C)C)c(N2CCC(CN)C2)c1.Cc1ccc(C(C)C)c(N2CCC(CN)C2)c1.Cc1ccc(C(C)C)c(N2CCC(N)CC2)c1.Cc1ccc(C(C)C)c(N2CC[C@@H](CN)C2)c1.Cc1ccc(C(C)C)c(N2CC[C@H](CN)C2)c1.Cc1ccc(C(C)C)c(N2CC[C@H](N)C2)c1. The summed E-state index contributed by atoms with van der Waals surface area (Å²) in [7, 11) is 0. The van der Waals surface area contributed by atoms with Gasteiger partial charge in [-0.1, -0.05) is 227 Å². The van der Waals surface area contributed by atoms with Crippen molar-refractivity contribution in [3.8, 4) is 5.75 Å². The fourth-order valence-corrected chi connectivity index (χ4v) is 19.9. The monoisotopic (exact) mass is 1810 g/mol. The summed E-state index contributed by atoms with van der Waals surface area (Å²) >= 11 is 6.15. The van der Waals surface area contributed by atoms with Crippen LogP contribution < -0.4 is 73.4 Å². The van der Waals surface area contributed by atoms with E-state index in [0.717, 1.165) is 141 Å². The van der Waals surface area contributed by atoms with Crippen LogP contribution in [0.4, 0.5) is 39.8 Å². The number of piperidine rings is 1. The molecule has 0 spiro atoms. The Morgan fingerprint density at radius 2 is 0.542 bits per heavy atom. The van der Waals surface area contributed by atoms with Crippen LogP contribution in [-0.2, 0) is 0 Å². The number of hydrogen-bond acceptors (Lipinski definition) is 14. The summed E-state index contributed by atoms with van der Waals surface area (Å²) in [6.07, 6.45) is 13.8. The van der Waals surface area contributed by atoms with Crippen molar-refractivity contribution in [2.75, 3.05) is 152 Å².